The van der Waals surface area contributed by atoms with E-state index < -0.39 is 0 Å². The molecular formula is C14H14ClN3O2S. The predicted octanol–water partition coefficient (Wildman–Crippen LogP) is 2.26. The number of aromatic nitrogens is 2. The Morgan fingerprint density at radius 3 is 3.00 bits per heavy atom. The number of likely N-dealkylation sites (tertiary alicyclic amines) is 1. The topological polar surface area (TPSA) is 55.2 Å². The molecule has 0 spiro atoms. The molecule has 1 atom stereocenters. The van der Waals surface area contributed by atoms with Crippen molar-refractivity contribution in [2.75, 3.05) is 6.54 Å². The first-order valence-electron chi connectivity index (χ1n) is 6.73. The summed E-state index contributed by atoms with van der Waals surface area (Å²) in [6, 6.07) is 6.58. The quantitative estimate of drug-likeness (QED) is 0.870. The van der Waals surface area contributed by atoms with Gasteiger partial charge in [-0.1, -0.05) is 11.6 Å². The highest BCUT2D eigenvalue weighted by molar-refractivity contribution is 7.17. The van der Waals surface area contributed by atoms with E-state index in [9.17, 15) is 9.59 Å². The molecular weight excluding hydrogens is 310 g/mol. The lowest BCUT2D eigenvalue weighted by Crippen LogP contribution is -2.40. The van der Waals surface area contributed by atoms with Gasteiger partial charge in [-0.05, 0) is 31.0 Å². The van der Waals surface area contributed by atoms with Crippen LogP contribution in [0.3, 0.4) is 0 Å². The van der Waals surface area contributed by atoms with Crippen LogP contribution in [0.5, 0.6) is 0 Å². The van der Waals surface area contributed by atoms with Crippen molar-refractivity contribution in [3.63, 3.8) is 0 Å². The Bertz CT molecular complexity index is 712. The minimum atomic E-state index is -0.143. The molecule has 1 fully saturated rings. The Balaban J connectivity index is 1.78. The molecule has 0 aromatic carbocycles. The molecule has 7 heteroatoms. The molecule has 0 bridgehead atoms. The molecule has 1 unspecified atom stereocenters. The van der Waals surface area contributed by atoms with Crippen LogP contribution in [0.1, 0.15) is 22.5 Å². The van der Waals surface area contributed by atoms with Crippen LogP contribution in [0.4, 0.5) is 0 Å². The maximum atomic E-state index is 12.5. The van der Waals surface area contributed by atoms with Gasteiger partial charge in [0.25, 0.3) is 11.5 Å². The third-order valence-electron chi connectivity index (χ3n) is 3.59. The minimum Gasteiger partial charge on any atom is -0.333 e. The highest BCUT2D eigenvalue weighted by atomic mass is 35.5. The van der Waals surface area contributed by atoms with E-state index in [2.05, 4.69) is 5.10 Å². The van der Waals surface area contributed by atoms with E-state index in [1.54, 1.807) is 24.4 Å². The fourth-order valence-corrected chi connectivity index (χ4v) is 3.59. The SMILES string of the molecule is O=C(c1ccc(Cl)s1)N1CCCC1Cn1ncccc1=O. The van der Waals surface area contributed by atoms with Gasteiger partial charge in [0.15, 0.2) is 0 Å². The number of thiophene rings is 1. The summed E-state index contributed by atoms with van der Waals surface area (Å²) in [5.41, 5.74) is -0.143. The molecule has 1 aliphatic rings. The van der Waals surface area contributed by atoms with E-state index in [-0.39, 0.29) is 17.5 Å². The van der Waals surface area contributed by atoms with Gasteiger partial charge in [0.1, 0.15) is 0 Å². The summed E-state index contributed by atoms with van der Waals surface area (Å²) >= 11 is 7.17. The van der Waals surface area contributed by atoms with Gasteiger partial charge in [-0.25, -0.2) is 4.68 Å². The van der Waals surface area contributed by atoms with Gasteiger partial charge < -0.3 is 4.90 Å². The van der Waals surface area contributed by atoms with Gasteiger partial charge in [-0.2, -0.15) is 5.10 Å². The summed E-state index contributed by atoms with van der Waals surface area (Å²) in [5.74, 6) is -0.0154. The first-order chi connectivity index (χ1) is 10.1. The number of carbonyl (C=O) groups excluding carboxylic acids is 1. The lowest BCUT2D eigenvalue weighted by atomic mass is 10.2. The molecule has 1 aliphatic heterocycles. The lowest BCUT2D eigenvalue weighted by molar-refractivity contribution is 0.0725. The minimum absolute atomic E-state index is 0.00553. The van der Waals surface area contributed by atoms with Gasteiger partial charge >= 0.3 is 0 Å². The van der Waals surface area contributed by atoms with Crippen molar-refractivity contribution in [2.45, 2.75) is 25.4 Å². The average molecular weight is 324 g/mol. The summed E-state index contributed by atoms with van der Waals surface area (Å²) in [4.78, 5) is 26.7. The summed E-state index contributed by atoms with van der Waals surface area (Å²) in [6.07, 6.45) is 3.41. The second kappa shape index (κ2) is 5.99. The molecule has 0 saturated carbocycles. The number of amides is 1. The van der Waals surface area contributed by atoms with Crippen LogP contribution in [0, 0.1) is 0 Å². The molecule has 110 valence electrons. The van der Waals surface area contributed by atoms with Gasteiger partial charge in [0.2, 0.25) is 0 Å². The maximum Gasteiger partial charge on any atom is 0.266 e. The highest BCUT2D eigenvalue weighted by Gasteiger charge is 2.30. The second-order valence-electron chi connectivity index (χ2n) is 4.94. The number of hydrogen-bond donors (Lipinski definition) is 0. The molecule has 3 heterocycles. The van der Waals surface area contributed by atoms with Gasteiger partial charge in [-0.3, -0.25) is 9.59 Å². The molecule has 5 nitrogen and oxygen atoms in total. The Hall–Kier alpha value is -1.66. The smallest absolute Gasteiger partial charge is 0.266 e. The molecule has 0 radical (unpaired) electrons. The zero-order valence-corrected chi connectivity index (χ0v) is 12.8. The molecule has 0 aliphatic carbocycles. The molecule has 21 heavy (non-hydrogen) atoms. The third-order valence-corrected chi connectivity index (χ3v) is 4.81. The number of hydrogen-bond acceptors (Lipinski definition) is 4. The number of nitrogens with zero attached hydrogens (tertiary/aromatic N) is 3. The van der Waals surface area contributed by atoms with Gasteiger partial charge in [-0.15, -0.1) is 11.3 Å². The third kappa shape index (κ3) is 3.01. The average Bonchev–Trinajstić information content (AvgIpc) is 3.10. The van der Waals surface area contributed by atoms with Crippen LogP contribution in [-0.4, -0.2) is 33.2 Å². The van der Waals surface area contributed by atoms with Crippen LogP contribution in [-0.2, 0) is 6.54 Å². The van der Waals surface area contributed by atoms with Crippen molar-refractivity contribution in [2.24, 2.45) is 0 Å². The zero-order valence-electron chi connectivity index (χ0n) is 11.2. The summed E-state index contributed by atoms with van der Waals surface area (Å²) in [6.45, 7) is 1.14. The Morgan fingerprint density at radius 2 is 2.29 bits per heavy atom. The van der Waals surface area contributed by atoms with E-state index in [4.69, 9.17) is 11.6 Å². The van der Waals surface area contributed by atoms with Crippen LogP contribution < -0.4 is 5.56 Å². The second-order valence-corrected chi connectivity index (χ2v) is 6.66. The van der Waals surface area contributed by atoms with Gasteiger partial charge in [0, 0.05) is 18.8 Å². The molecule has 3 rings (SSSR count). The molecule has 2 aromatic rings. The summed E-state index contributed by atoms with van der Waals surface area (Å²) in [5, 5.41) is 4.06. The molecule has 1 amide bonds. The first-order valence-corrected chi connectivity index (χ1v) is 7.93. The summed E-state index contributed by atoms with van der Waals surface area (Å²) < 4.78 is 2.02. The van der Waals surface area contributed by atoms with E-state index in [0.717, 1.165) is 12.8 Å². The maximum absolute atomic E-state index is 12.5. The van der Waals surface area contributed by atoms with Crippen molar-refractivity contribution in [1.82, 2.24) is 14.7 Å². The van der Waals surface area contributed by atoms with Crippen molar-refractivity contribution >= 4 is 28.8 Å². The van der Waals surface area contributed by atoms with E-state index >= 15 is 0 Å². The van der Waals surface area contributed by atoms with Crippen LogP contribution in [0.25, 0.3) is 0 Å². The van der Waals surface area contributed by atoms with Crippen molar-refractivity contribution in [1.29, 1.82) is 0 Å². The number of carbonyl (C=O) groups is 1. The lowest BCUT2D eigenvalue weighted by Gasteiger charge is -2.24. The molecule has 2 aromatic heterocycles. The van der Waals surface area contributed by atoms with Crippen LogP contribution >= 0.6 is 22.9 Å². The Morgan fingerprint density at radius 1 is 1.43 bits per heavy atom. The predicted molar refractivity (Wildman–Crippen MR) is 81.9 cm³/mol. The Labute approximate surface area is 130 Å². The van der Waals surface area contributed by atoms with Crippen LogP contribution in [0.15, 0.2) is 35.3 Å². The fourth-order valence-electron chi connectivity index (χ4n) is 2.59. The van der Waals surface area contributed by atoms with Crippen molar-refractivity contribution in [3.05, 3.63) is 50.0 Å². The zero-order chi connectivity index (χ0) is 14.8. The first kappa shape index (κ1) is 14.3. The molecule has 0 N–H and O–H groups in total. The Kier molecular flexibility index (Phi) is 4.07. The molecule has 1 saturated heterocycles. The number of halogens is 1. The standard InChI is InChI=1S/C14H14ClN3O2S/c15-12-6-5-11(21-12)14(20)17-8-2-3-10(17)9-18-13(19)4-1-7-16-18/h1,4-7,10H,2-3,8-9H2. The normalized spacial score (nSPS) is 18.1. The fraction of sp³-hybridized carbons (Fsp3) is 0.357. The van der Waals surface area contributed by atoms with E-state index in [1.807, 2.05) is 4.90 Å². The summed E-state index contributed by atoms with van der Waals surface area (Å²) in [7, 11) is 0. The highest BCUT2D eigenvalue weighted by Crippen LogP contribution is 2.26. The largest absolute Gasteiger partial charge is 0.333 e. The monoisotopic (exact) mass is 323 g/mol. The van der Waals surface area contributed by atoms with Crippen LogP contribution in [0.2, 0.25) is 4.34 Å². The van der Waals surface area contributed by atoms with Gasteiger partial charge in [0.05, 0.1) is 21.8 Å². The van der Waals surface area contributed by atoms with E-state index in [0.29, 0.717) is 22.3 Å². The van der Waals surface area contributed by atoms with Crippen molar-refractivity contribution < 1.29 is 4.79 Å². The van der Waals surface area contributed by atoms with E-state index in [1.165, 1.54) is 22.1 Å². The number of rotatable bonds is 3. The van der Waals surface area contributed by atoms with Crippen molar-refractivity contribution in [3.8, 4) is 0 Å².